The molecule has 1 aromatic carbocycles. The van der Waals surface area contributed by atoms with E-state index in [1.165, 1.54) is 6.07 Å². The van der Waals surface area contributed by atoms with Crippen LogP contribution in [0.1, 0.15) is 42.5 Å². The fourth-order valence-corrected chi connectivity index (χ4v) is 2.97. The van der Waals surface area contributed by atoms with Gasteiger partial charge in [0, 0.05) is 23.2 Å². The molecule has 1 aromatic heterocycles. The van der Waals surface area contributed by atoms with E-state index < -0.39 is 0 Å². The molecule has 0 spiro atoms. The van der Waals surface area contributed by atoms with E-state index in [-0.39, 0.29) is 12.4 Å². The third kappa shape index (κ3) is 4.08. The fourth-order valence-electron chi connectivity index (χ4n) is 2.97. The SMILES string of the molecule is CCc1ccc(F)c(COc2cccc(C3CCNCC3)n2)c1. The maximum atomic E-state index is 13.9. The summed E-state index contributed by atoms with van der Waals surface area (Å²) in [5.74, 6) is 0.832. The summed E-state index contributed by atoms with van der Waals surface area (Å²) in [6, 6.07) is 11.1. The number of pyridine rings is 1. The lowest BCUT2D eigenvalue weighted by Gasteiger charge is -2.22. The maximum absolute atomic E-state index is 13.9. The Morgan fingerprint density at radius 2 is 2.04 bits per heavy atom. The third-order valence-corrected chi connectivity index (χ3v) is 4.40. The van der Waals surface area contributed by atoms with Gasteiger partial charge in [0.15, 0.2) is 0 Å². The quantitative estimate of drug-likeness (QED) is 0.911. The molecular formula is C19H23FN2O. The molecule has 0 saturated carbocycles. The first-order chi connectivity index (χ1) is 11.3. The molecule has 3 rings (SSSR count). The molecule has 1 saturated heterocycles. The van der Waals surface area contributed by atoms with Crippen LogP contribution in [-0.2, 0) is 13.0 Å². The number of piperidine rings is 1. The molecule has 122 valence electrons. The van der Waals surface area contributed by atoms with E-state index in [4.69, 9.17) is 4.74 Å². The Kier molecular flexibility index (Phi) is 5.23. The third-order valence-electron chi connectivity index (χ3n) is 4.40. The Bertz CT molecular complexity index is 654. The Morgan fingerprint density at radius 3 is 2.83 bits per heavy atom. The van der Waals surface area contributed by atoms with Crippen molar-refractivity contribution in [3.05, 3.63) is 59.0 Å². The summed E-state index contributed by atoms with van der Waals surface area (Å²) in [6.07, 6.45) is 3.09. The van der Waals surface area contributed by atoms with Crippen molar-refractivity contribution in [1.82, 2.24) is 10.3 Å². The van der Waals surface area contributed by atoms with Gasteiger partial charge in [-0.15, -0.1) is 0 Å². The summed E-state index contributed by atoms with van der Waals surface area (Å²) in [5.41, 5.74) is 2.77. The van der Waals surface area contributed by atoms with Crippen LogP contribution >= 0.6 is 0 Å². The van der Waals surface area contributed by atoms with Gasteiger partial charge in [0.05, 0.1) is 0 Å². The van der Waals surface area contributed by atoms with Gasteiger partial charge in [-0.05, 0) is 56.1 Å². The van der Waals surface area contributed by atoms with E-state index in [1.54, 1.807) is 0 Å². The summed E-state index contributed by atoms with van der Waals surface area (Å²) >= 11 is 0. The molecule has 1 aliphatic heterocycles. The average molecular weight is 314 g/mol. The van der Waals surface area contributed by atoms with Gasteiger partial charge < -0.3 is 10.1 Å². The number of ether oxygens (including phenoxy) is 1. The zero-order chi connectivity index (χ0) is 16.1. The van der Waals surface area contributed by atoms with Crippen molar-refractivity contribution in [1.29, 1.82) is 0 Å². The minimum atomic E-state index is -0.225. The lowest BCUT2D eigenvalue weighted by Crippen LogP contribution is -2.27. The molecule has 0 unspecified atom stereocenters. The van der Waals surface area contributed by atoms with Gasteiger partial charge in [-0.25, -0.2) is 9.37 Å². The van der Waals surface area contributed by atoms with Crippen LogP contribution in [0.3, 0.4) is 0 Å². The number of nitrogens with zero attached hydrogens (tertiary/aromatic N) is 1. The summed E-state index contributed by atoms with van der Waals surface area (Å²) in [7, 11) is 0. The Labute approximate surface area is 136 Å². The van der Waals surface area contributed by atoms with Crippen LogP contribution in [-0.4, -0.2) is 18.1 Å². The van der Waals surface area contributed by atoms with Gasteiger partial charge >= 0.3 is 0 Å². The van der Waals surface area contributed by atoms with Gasteiger partial charge in [-0.2, -0.15) is 0 Å². The van der Waals surface area contributed by atoms with Crippen molar-refractivity contribution in [2.45, 2.75) is 38.7 Å². The zero-order valence-electron chi connectivity index (χ0n) is 13.5. The molecule has 0 atom stereocenters. The minimum Gasteiger partial charge on any atom is -0.473 e. The van der Waals surface area contributed by atoms with Crippen molar-refractivity contribution in [3.63, 3.8) is 0 Å². The van der Waals surface area contributed by atoms with E-state index >= 15 is 0 Å². The fraction of sp³-hybridized carbons (Fsp3) is 0.421. The lowest BCUT2D eigenvalue weighted by molar-refractivity contribution is 0.286. The number of benzene rings is 1. The highest BCUT2D eigenvalue weighted by Gasteiger charge is 2.16. The van der Waals surface area contributed by atoms with Crippen molar-refractivity contribution < 1.29 is 9.13 Å². The Hall–Kier alpha value is -1.94. The van der Waals surface area contributed by atoms with Gasteiger partial charge in [0.2, 0.25) is 5.88 Å². The second kappa shape index (κ2) is 7.55. The number of halogens is 1. The lowest BCUT2D eigenvalue weighted by atomic mass is 9.94. The molecular weight excluding hydrogens is 291 g/mol. The van der Waals surface area contributed by atoms with Crippen molar-refractivity contribution in [2.75, 3.05) is 13.1 Å². The summed E-state index contributed by atoms with van der Waals surface area (Å²) in [6.45, 7) is 4.34. The number of hydrogen-bond acceptors (Lipinski definition) is 3. The normalized spacial score (nSPS) is 15.6. The predicted molar refractivity (Wildman–Crippen MR) is 89.2 cm³/mol. The van der Waals surface area contributed by atoms with Gasteiger partial charge in [0.25, 0.3) is 0 Å². The van der Waals surface area contributed by atoms with Crippen LogP contribution in [0.4, 0.5) is 4.39 Å². The monoisotopic (exact) mass is 314 g/mol. The summed E-state index contributed by atoms with van der Waals surface area (Å²) in [5, 5.41) is 3.36. The number of aryl methyl sites for hydroxylation is 1. The van der Waals surface area contributed by atoms with Crippen LogP contribution in [0.15, 0.2) is 36.4 Å². The number of hydrogen-bond donors (Lipinski definition) is 1. The second-order valence-electron chi connectivity index (χ2n) is 5.99. The van der Waals surface area contributed by atoms with Crippen LogP contribution in [0, 0.1) is 5.82 Å². The highest BCUT2D eigenvalue weighted by molar-refractivity contribution is 5.25. The van der Waals surface area contributed by atoms with Gasteiger partial charge in [0.1, 0.15) is 12.4 Å². The largest absolute Gasteiger partial charge is 0.473 e. The molecule has 2 aromatic rings. The molecule has 2 heterocycles. The minimum absolute atomic E-state index is 0.211. The van der Waals surface area contributed by atoms with Crippen molar-refractivity contribution in [2.24, 2.45) is 0 Å². The van der Waals surface area contributed by atoms with Crippen LogP contribution in [0.2, 0.25) is 0 Å². The highest BCUT2D eigenvalue weighted by Crippen LogP contribution is 2.25. The Morgan fingerprint density at radius 1 is 1.22 bits per heavy atom. The average Bonchev–Trinajstić information content (AvgIpc) is 2.62. The molecule has 1 N–H and O–H groups in total. The number of nitrogens with one attached hydrogen (secondary N) is 1. The molecule has 23 heavy (non-hydrogen) atoms. The van der Waals surface area contributed by atoms with E-state index in [9.17, 15) is 4.39 Å². The van der Waals surface area contributed by atoms with E-state index in [1.807, 2.05) is 24.3 Å². The summed E-state index contributed by atoms with van der Waals surface area (Å²) in [4.78, 5) is 4.61. The van der Waals surface area contributed by atoms with Crippen LogP contribution in [0.25, 0.3) is 0 Å². The molecule has 1 fully saturated rings. The standard InChI is InChI=1S/C19H23FN2O/c1-2-14-6-7-17(20)16(12-14)13-23-19-5-3-4-18(22-19)15-8-10-21-11-9-15/h3-7,12,15,21H,2,8-11,13H2,1H3. The van der Waals surface area contributed by atoms with Crippen LogP contribution < -0.4 is 10.1 Å². The topological polar surface area (TPSA) is 34.1 Å². The molecule has 0 radical (unpaired) electrons. The summed E-state index contributed by atoms with van der Waals surface area (Å²) < 4.78 is 19.6. The second-order valence-corrected chi connectivity index (χ2v) is 5.99. The van der Waals surface area contributed by atoms with Crippen LogP contribution in [0.5, 0.6) is 5.88 Å². The first-order valence-electron chi connectivity index (χ1n) is 8.34. The molecule has 0 aliphatic carbocycles. The predicted octanol–water partition coefficient (Wildman–Crippen LogP) is 3.83. The van der Waals surface area contributed by atoms with Gasteiger partial charge in [-0.3, -0.25) is 0 Å². The highest BCUT2D eigenvalue weighted by atomic mass is 19.1. The Balaban J connectivity index is 1.68. The molecule has 0 bridgehead atoms. The number of aromatic nitrogens is 1. The molecule has 0 amide bonds. The van der Waals surface area contributed by atoms with E-state index in [0.29, 0.717) is 17.4 Å². The zero-order valence-corrected chi connectivity index (χ0v) is 13.5. The van der Waals surface area contributed by atoms with E-state index in [0.717, 1.165) is 43.6 Å². The first-order valence-corrected chi connectivity index (χ1v) is 8.34. The number of rotatable bonds is 5. The molecule has 3 nitrogen and oxygen atoms in total. The molecule has 4 heteroatoms. The smallest absolute Gasteiger partial charge is 0.213 e. The van der Waals surface area contributed by atoms with Crippen molar-refractivity contribution in [3.8, 4) is 5.88 Å². The maximum Gasteiger partial charge on any atom is 0.213 e. The van der Waals surface area contributed by atoms with Crippen molar-refractivity contribution >= 4 is 0 Å². The van der Waals surface area contributed by atoms with Gasteiger partial charge in [-0.1, -0.05) is 19.1 Å². The first kappa shape index (κ1) is 15.9. The molecule has 1 aliphatic rings. The van der Waals surface area contributed by atoms with E-state index in [2.05, 4.69) is 23.3 Å².